The second-order valence-electron chi connectivity index (χ2n) is 7.99. The first-order valence-electron chi connectivity index (χ1n) is 10.4. The molecule has 1 aromatic carbocycles. The summed E-state index contributed by atoms with van der Waals surface area (Å²) in [4.78, 5) is 29.3. The average Bonchev–Trinajstić information content (AvgIpc) is 3.37. The SMILES string of the molecule is C[C@H](NC(=O)[C@@H]1COC2(CCCCC2)N1C(=O)Cc1cccs1)c1ccccc1. The van der Waals surface area contributed by atoms with Crippen molar-refractivity contribution in [2.45, 2.75) is 63.3 Å². The second kappa shape index (κ2) is 8.67. The summed E-state index contributed by atoms with van der Waals surface area (Å²) >= 11 is 1.57. The number of thiophene rings is 1. The predicted molar refractivity (Wildman–Crippen MR) is 113 cm³/mol. The van der Waals surface area contributed by atoms with Crippen LogP contribution in [0.4, 0.5) is 0 Å². The van der Waals surface area contributed by atoms with E-state index in [0.717, 1.165) is 42.5 Å². The van der Waals surface area contributed by atoms with Crippen LogP contribution < -0.4 is 5.32 Å². The quantitative estimate of drug-likeness (QED) is 0.806. The van der Waals surface area contributed by atoms with E-state index in [-0.39, 0.29) is 24.5 Å². The van der Waals surface area contributed by atoms with Crippen LogP contribution in [-0.2, 0) is 20.7 Å². The van der Waals surface area contributed by atoms with Crippen molar-refractivity contribution in [3.63, 3.8) is 0 Å². The smallest absolute Gasteiger partial charge is 0.245 e. The largest absolute Gasteiger partial charge is 0.353 e. The fourth-order valence-corrected chi connectivity index (χ4v) is 5.22. The molecule has 1 spiro atoms. The molecule has 2 fully saturated rings. The Kier molecular flexibility index (Phi) is 6.01. The highest BCUT2D eigenvalue weighted by atomic mass is 32.1. The van der Waals surface area contributed by atoms with Gasteiger partial charge in [0, 0.05) is 4.88 Å². The molecule has 2 amide bonds. The number of rotatable bonds is 5. The first-order chi connectivity index (χ1) is 14.1. The van der Waals surface area contributed by atoms with Crippen LogP contribution in [0.5, 0.6) is 0 Å². The zero-order chi connectivity index (χ0) is 20.3. The van der Waals surface area contributed by atoms with Crippen LogP contribution in [0.25, 0.3) is 0 Å². The summed E-state index contributed by atoms with van der Waals surface area (Å²) in [6.45, 7) is 2.24. The molecule has 1 saturated heterocycles. The van der Waals surface area contributed by atoms with E-state index in [9.17, 15) is 9.59 Å². The molecule has 1 aromatic heterocycles. The topological polar surface area (TPSA) is 58.6 Å². The standard InChI is InChI=1S/C23H28N2O3S/c1-17(18-9-4-2-5-10-18)24-22(27)20-16-28-23(12-6-3-7-13-23)25(20)21(26)15-19-11-8-14-29-19/h2,4-5,8-11,14,17,20H,3,6-7,12-13,15-16H2,1H3,(H,24,27)/t17-,20-/m0/s1. The summed E-state index contributed by atoms with van der Waals surface area (Å²) in [6.07, 6.45) is 5.14. The third kappa shape index (κ3) is 4.23. The summed E-state index contributed by atoms with van der Waals surface area (Å²) in [7, 11) is 0. The van der Waals surface area contributed by atoms with Gasteiger partial charge in [0.25, 0.3) is 0 Å². The van der Waals surface area contributed by atoms with Crippen molar-refractivity contribution < 1.29 is 14.3 Å². The lowest BCUT2D eigenvalue weighted by Gasteiger charge is -2.41. The number of nitrogens with one attached hydrogen (secondary N) is 1. The molecule has 29 heavy (non-hydrogen) atoms. The lowest BCUT2D eigenvalue weighted by Crippen LogP contribution is -2.57. The summed E-state index contributed by atoms with van der Waals surface area (Å²) in [6, 6.07) is 13.1. The normalized spacial score (nSPS) is 21.8. The molecule has 6 heteroatoms. The molecule has 154 valence electrons. The average molecular weight is 413 g/mol. The molecule has 1 N–H and O–H groups in total. The summed E-state index contributed by atoms with van der Waals surface area (Å²) in [5.41, 5.74) is 0.425. The Morgan fingerprint density at radius 1 is 1.17 bits per heavy atom. The maximum absolute atomic E-state index is 13.3. The molecule has 2 heterocycles. The van der Waals surface area contributed by atoms with E-state index in [1.165, 1.54) is 0 Å². The molecule has 2 aromatic rings. The summed E-state index contributed by atoms with van der Waals surface area (Å²) in [5, 5.41) is 5.07. The van der Waals surface area contributed by atoms with Crippen molar-refractivity contribution in [1.29, 1.82) is 0 Å². The van der Waals surface area contributed by atoms with Gasteiger partial charge < -0.3 is 10.1 Å². The molecule has 2 atom stereocenters. The molecule has 0 bridgehead atoms. The van der Waals surface area contributed by atoms with Crippen LogP contribution in [0.15, 0.2) is 47.8 Å². The molecule has 1 saturated carbocycles. The van der Waals surface area contributed by atoms with Crippen molar-refractivity contribution in [3.8, 4) is 0 Å². The molecule has 1 aliphatic carbocycles. The van der Waals surface area contributed by atoms with Crippen LogP contribution in [0, 0.1) is 0 Å². The van der Waals surface area contributed by atoms with E-state index in [1.54, 1.807) is 16.2 Å². The van der Waals surface area contributed by atoms with Gasteiger partial charge in [0.15, 0.2) is 0 Å². The third-order valence-corrected chi connectivity index (χ3v) is 6.91. The van der Waals surface area contributed by atoms with E-state index < -0.39 is 11.8 Å². The van der Waals surface area contributed by atoms with Crippen LogP contribution in [0.1, 0.15) is 55.5 Å². The van der Waals surface area contributed by atoms with E-state index in [2.05, 4.69) is 5.32 Å². The Hall–Kier alpha value is -2.18. The first-order valence-corrected chi connectivity index (χ1v) is 11.3. The number of hydrogen-bond donors (Lipinski definition) is 1. The highest BCUT2D eigenvalue weighted by Crippen LogP contribution is 2.41. The van der Waals surface area contributed by atoms with Crippen LogP contribution in [-0.4, -0.2) is 35.1 Å². The zero-order valence-electron chi connectivity index (χ0n) is 16.8. The number of benzene rings is 1. The van der Waals surface area contributed by atoms with Gasteiger partial charge in [-0.2, -0.15) is 0 Å². The van der Waals surface area contributed by atoms with E-state index >= 15 is 0 Å². The van der Waals surface area contributed by atoms with Gasteiger partial charge in [0.1, 0.15) is 11.8 Å². The highest BCUT2D eigenvalue weighted by Gasteiger charge is 2.52. The van der Waals surface area contributed by atoms with Gasteiger partial charge in [-0.05, 0) is 49.6 Å². The van der Waals surface area contributed by atoms with Gasteiger partial charge in [0.05, 0.1) is 19.1 Å². The minimum absolute atomic E-state index is 0.0145. The van der Waals surface area contributed by atoms with Crippen molar-refractivity contribution in [3.05, 3.63) is 58.3 Å². The number of amides is 2. The molecular formula is C23H28N2O3S. The van der Waals surface area contributed by atoms with E-state index in [0.29, 0.717) is 6.42 Å². The fraction of sp³-hybridized carbons (Fsp3) is 0.478. The number of nitrogens with zero attached hydrogens (tertiary/aromatic N) is 1. The summed E-state index contributed by atoms with van der Waals surface area (Å²) < 4.78 is 6.20. The van der Waals surface area contributed by atoms with Crippen LogP contribution in [0.3, 0.4) is 0 Å². The van der Waals surface area contributed by atoms with Crippen LogP contribution >= 0.6 is 11.3 Å². The van der Waals surface area contributed by atoms with Crippen molar-refractivity contribution in [2.75, 3.05) is 6.61 Å². The van der Waals surface area contributed by atoms with Gasteiger partial charge in [-0.15, -0.1) is 11.3 Å². The Morgan fingerprint density at radius 2 is 1.93 bits per heavy atom. The Balaban J connectivity index is 1.53. The van der Waals surface area contributed by atoms with Gasteiger partial charge in [-0.1, -0.05) is 42.8 Å². The Morgan fingerprint density at radius 3 is 2.62 bits per heavy atom. The van der Waals surface area contributed by atoms with Crippen molar-refractivity contribution in [2.24, 2.45) is 0 Å². The first kappa shape index (κ1) is 20.1. The maximum atomic E-state index is 13.3. The number of hydrogen-bond acceptors (Lipinski definition) is 4. The molecular weight excluding hydrogens is 384 g/mol. The van der Waals surface area contributed by atoms with Gasteiger partial charge in [-0.25, -0.2) is 0 Å². The molecule has 2 aliphatic rings. The fourth-order valence-electron chi connectivity index (χ4n) is 4.53. The third-order valence-electron chi connectivity index (χ3n) is 6.03. The lowest BCUT2D eigenvalue weighted by molar-refractivity contribution is -0.159. The van der Waals surface area contributed by atoms with E-state index in [1.807, 2.05) is 54.8 Å². The van der Waals surface area contributed by atoms with Gasteiger partial charge in [-0.3, -0.25) is 14.5 Å². The van der Waals surface area contributed by atoms with Crippen LogP contribution in [0.2, 0.25) is 0 Å². The lowest BCUT2D eigenvalue weighted by atomic mass is 9.90. The highest BCUT2D eigenvalue weighted by molar-refractivity contribution is 7.10. The monoisotopic (exact) mass is 412 g/mol. The van der Waals surface area contributed by atoms with Crippen molar-refractivity contribution in [1.82, 2.24) is 10.2 Å². The molecule has 0 radical (unpaired) electrons. The van der Waals surface area contributed by atoms with E-state index in [4.69, 9.17) is 4.74 Å². The number of ether oxygens (including phenoxy) is 1. The summed E-state index contributed by atoms with van der Waals surface area (Å²) in [5.74, 6) is -0.150. The van der Waals surface area contributed by atoms with Crippen molar-refractivity contribution >= 4 is 23.2 Å². The maximum Gasteiger partial charge on any atom is 0.245 e. The molecule has 1 aliphatic heterocycles. The molecule has 0 unspecified atom stereocenters. The molecule has 4 rings (SSSR count). The minimum atomic E-state index is -0.620. The minimum Gasteiger partial charge on any atom is -0.353 e. The molecule has 5 nitrogen and oxygen atoms in total. The number of carbonyl (C=O) groups is 2. The van der Waals surface area contributed by atoms with Gasteiger partial charge in [0.2, 0.25) is 11.8 Å². The zero-order valence-corrected chi connectivity index (χ0v) is 17.6. The second-order valence-corrected chi connectivity index (χ2v) is 9.03. The Labute approximate surface area is 176 Å². The van der Waals surface area contributed by atoms with Gasteiger partial charge >= 0.3 is 0 Å². The number of carbonyl (C=O) groups excluding carboxylic acids is 2. The predicted octanol–water partition coefficient (Wildman–Crippen LogP) is 4.06. The Bertz CT molecular complexity index is 831.